The molecule has 3 aromatic rings. The van der Waals surface area contributed by atoms with Crippen molar-refractivity contribution in [2.24, 2.45) is 0 Å². The van der Waals surface area contributed by atoms with E-state index >= 15 is 0 Å². The Morgan fingerprint density at radius 2 is 0.826 bits per heavy atom. The van der Waals surface area contributed by atoms with Crippen LogP contribution in [0.4, 0.5) is 0 Å². The van der Waals surface area contributed by atoms with Crippen molar-refractivity contribution in [3.63, 3.8) is 0 Å². The SMILES string of the molecule is C1=C(c2ccccc2)C(c2ccccc2)C(c2ccccc2)=C1. The summed E-state index contributed by atoms with van der Waals surface area (Å²) >= 11 is 0. The summed E-state index contributed by atoms with van der Waals surface area (Å²) in [6.45, 7) is 0. The molecule has 0 N–H and O–H groups in total. The molecular weight excluding hydrogens is 276 g/mol. The lowest BCUT2D eigenvalue weighted by atomic mass is 9.82. The normalized spacial score (nSPS) is 14.4. The van der Waals surface area contributed by atoms with Crippen LogP contribution in [0.25, 0.3) is 11.1 Å². The molecule has 0 aromatic heterocycles. The lowest BCUT2D eigenvalue weighted by Gasteiger charge is -2.21. The Balaban J connectivity index is 1.81. The third kappa shape index (κ3) is 2.64. The van der Waals surface area contributed by atoms with Crippen molar-refractivity contribution in [2.45, 2.75) is 5.92 Å². The van der Waals surface area contributed by atoms with E-state index in [1.165, 1.54) is 27.8 Å². The van der Waals surface area contributed by atoms with E-state index in [-0.39, 0.29) is 0 Å². The van der Waals surface area contributed by atoms with E-state index in [0.717, 1.165) is 0 Å². The van der Waals surface area contributed by atoms with Crippen molar-refractivity contribution in [1.82, 2.24) is 0 Å². The highest BCUT2D eigenvalue weighted by atomic mass is 14.3. The first-order valence-electron chi connectivity index (χ1n) is 8.01. The predicted octanol–water partition coefficient (Wildman–Crippen LogP) is 5.95. The van der Waals surface area contributed by atoms with Gasteiger partial charge in [-0.05, 0) is 27.8 Å². The summed E-state index contributed by atoms with van der Waals surface area (Å²) in [5.74, 6) is 0.293. The van der Waals surface area contributed by atoms with Gasteiger partial charge in [0.1, 0.15) is 0 Å². The van der Waals surface area contributed by atoms with Gasteiger partial charge in [-0.3, -0.25) is 0 Å². The first kappa shape index (κ1) is 13.8. The van der Waals surface area contributed by atoms with Crippen LogP contribution < -0.4 is 0 Å². The highest BCUT2D eigenvalue weighted by Gasteiger charge is 2.26. The molecule has 0 amide bonds. The molecule has 0 fully saturated rings. The molecule has 0 nitrogen and oxygen atoms in total. The average molecular weight is 294 g/mol. The molecule has 0 atom stereocenters. The maximum atomic E-state index is 2.27. The summed E-state index contributed by atoms with van der Waals surface area (Å²) in [6.07, 6.45) is 4.55. The van der Waals surface area contributed by atoms with Gasteiger partial charge in [0, 0.05) is 5.92 Å². The summed E-state index contributed by atoms with van der Waals surface area (Å²) in [5.41, 5.74) is 6.67. The molecule has 0 heterocycles. The van der Waals surface area contributed by atoms with Crippen molar-refractivity contribution in [3.05, 3.63) is 120 Å². The molecule has 0 aliphatic heterocycles. The fourth-order valence-corrected chi connectivity index (χ4v) is 3.33. The highest BCUT2D eigenvalue weighted by Crippen LogP contribution is 2.46. The van der Waals surface area contributed by atoms with Crippen molar-refractivity contribution in [3.8, 4) is 0 Å². The minimum atomic E-state index is 0.293. The Kier molecular flexibility index (Phi) is 3.65. The van der Waals surface area contributed by atoms with Gasteiger partial charge in [-0.25, -0.2) is 0 Å². The van der Waals surface area contributed by atoms with Gasteiger partial charge in [0.05, 0.1) is 0 Å². The first-order valence-corrected chi connectivity index (χ1v) is 8.01. The van der Waals surface area contributed by atoms with Crippen LogP contribution in [-0.4, -0.2) is 0 Å². The van der Waals surface area contributed by atoms with E-state index < -0.39 is 0 Å². The van der Waals surface area contributed by atoms with Gasteiger partial charge in [0.15, 0.2) is 0 Å². The minimum Gasteiger partial charge on any atom is -0.0622 e. The number of hydrogen-bond acceptors (Lipinski definition) is 0. The Morgan fingerprint density at radius 3 is 1.26 bits per heavy atom. The Labute approximate surface area is 137 Å². The Morgan fingerprint density at radius 1 is 0.435 bits per heavy atom. The summed E-state index contributed by atoms with van der Waals surface area (Å²) < 4.78 is 0. The van der Waals surface area contributed by atoms with Crippen LogP contribution in [0.3, 0.4) is 0 Å². The zero-order valence-corrected chi connectivity index (χ0v) is 12.9. The summed E-state index contributed by atoms with van der Waals surface area (Å²) in [6, 6.07) is 32.2. The second-order valence-corrected chi connectivity index (χ2v) is 5.82. The molecule has 0 radical (unpaired) electrons. The Hall–Kier alpha value is -2.86. The zero-order chi connectivity index (χ0) is 15.5. The van der Waals surface area contributed by atoms with Crippen molar-refractivity contribution in [2.75, 3.05) is 0 Å². The molecular formula is C23H18. The van der Waals surface area contributed by atoms with Crippen LogP contribution in [0.2, 0.25) is 0 Å². The average Bonchev–Trinajstić information content (AvgIpc) is 3.09. The second kappa shape index (κ2) is 6.10. The van der Waals surface area contributed by atoms with Crippen LogP contribution in [0.5, 0.6) is 0 Å². The fraction of sp³-hybridized carbons (Fsp3) is 0.0435. The van der Waals surface area contributed by atoms with E-state index in [4.69, 9.17) is 0 Å². The lowest BCUT2D eigenvalue weighted by Crippen LogP contribution is -2.02. The maximum Gasteiger partial charge on any atom is 0.0351 e. The molecule has 1 aliphatic rings. The first-order chi connectivity index (χ1) is 11.4. The van der Waals surface area contributed by atoms with E-state index in [2.05, 4.69) is 103 Å². The molecule has 110 valence electrons. The van der Waals surface area contributed by atoms with Gasteiger partial charge < -0.3 is 0 Å². The molecule has 0 saturated heterocycles. The maximum absolute atomic E-state index is 2.27. The molecule has 0 bridgehead atoms. The van der Waals surface area contributed by atoms with E-state index in [1.807, 2.05) is 0 Å². The van der Waals surface area contributed by atoms with Crippen molar-refractivity contribution < 1.29 is 0 Å². The predicted molar refractivity (Wildman–Crippen MR) is 98.0 cm³/mol. The smallest absolute Gasteiger partial charge is 0.0351 e. The molecule has 23 heavy (non-hydrogen) atoms. The van der Waals surface area contributed by atoms with Gasteiger partial charge >= 0.3 is 0 Å². The number of benzene rings is 3. The van der Waals surface area contributed by atoms with Gasteiger partial charge in [0.2, 0.25) is 0 Å². The molecule has 1 aliphatic carbocycles. The number of rotatable bonds is 3. The number of hydrogen-bond donors (Lipinski definition) is 0. The molecule has 3 aromatic carbocycles. The van der Waals surface area contributed by atoms with E-state index in [1.54, 1.807) is 0 Å². The molecule has 0 spiro atoms. The standard InChI is InChI=1S/C23H18/c1-4-10-18(11-5-1)21-16-17-22(19-12-6-2-7-13-19)23(21)20-14-8-3-9-15-20/h1-17,23H. The van der Waals surface area contributed by atoms with Gasteiger partial charge in [-0.15, -0.1) is 0 Å². The lowest BCUT2D eigenvalue weighted by molar-refractivity contribution is 1.14. The van der Waals surface area contributed by atoms with E-state index in [9.17, 15) is 0 Å². The van der Waals surface area contributed by atoms with Gasteiger partial charge in [-0.2, -0.15) is 0 Å². The third-order valence-electron chi connectivity index (χ3n) is 4.41. The number of allylic oxidation sites excluding steroid dienone is 4. The topological polar surface area (TPSA) is 0 Å². The quantitative estimate of drug-likeness (QED) is 0.560. The highest BCUT2D eigenvalue weighted by molar-refractivity contribution is 5.93. The van der Waals surface area contributed by atoms with Crippen LogP contribution in [0, 0.1) is 0 Å². The molecule has 0 unspecified atom stereocenters. The third-order valence-corrected chi connectivity index (χ3v) is 4.41. The van der Waals surface area contributed by atoms with Crippen LogP contribution in [-0.2, 0) is 0 Å². The van der Waals surface area contributed by atoms with Crippen molar-refractivity contribution in [1.29, 1.82) is 0 Å². The van der Waals surface area contributed by atoms with E-state index in [0.29, 0.717) is 5.92 Å². The minimum absolute atomic E-state index is 0.293. The molecule has 0 saturated carbocycles. The zero-order valence-electron chi connectivity index (χ0n) is 12.9. The van der Waals surface area contributed by atoms with Gasteiger partial charge in [0.25, 0.3) is 0 Å². The van der Waals surface area contributed by atoms with Crippen LogP contribution >= 0.6 is 0 Å². The van der Waals surface area contributed by atoms with Gasteiger partial charge in [-0.1, -0.05) is 103 Å². The molecule has 4 rings (SSSR count). The second-order valence-electron chi connectivity index (χ2n) is 5.82. The molecule has 0 heteroatoms. The Bertz CT molecular complexity index is 785. The summed E-state index contributed by atoms with van der Waals surface area (Å²) in [5, 5.41) is 0. The summed E-state index contributed by atoms with van der Waals surface area (Å²) in [7, 11) is 0. The van der Waals surface area contributed by atoms with Crippen LogP contribution in [0.15, 0.2) is 103 Å². The summed E-state index contributed by atoms with van der Waals surface area (Å²) in [4.78, 5) is 0. The largest absolute Gasteiger partial charge is 0.0622 e. The fourth-order valence-electron chi connectivity index (χ4n) is 3.33. The van der Waals surface area contributed by atoms with Crippen molar-refractivity contribution >= 4 is 11.1 Å². The monoisotopic (exact) mass is 294 g/mol. The van der Waals surface area contributed by atoms with Crippen LogP contribution in [0.1, 0.15) is 22.6 Å².